The molecular weight excluding hydrogens is 830 g/mol. The van der Waals surface area contributed by atoms with E-state index in [0.717, 1.165) is 24.0 Å². The normalized spacial score (nSPS) is 16.1. The number of hydrogen-bond donors (Lipinski definition) is 9. The number of amides is 4. The summed E-state index contributed by atoms with van der Waals surface area (Å²) in [6, 6.07) is 10.4. The molecule has 3 aromatic rings. The van der Waals surface area contributed by atoms with Crippen molar-refractivity contribution < 1.29 is 57.3 Å². The Balaban J connectivity index is 0.00000139. The molecule has 2 heterocycles. The number of nitrogens with zero attached hydrogens (tertiary/aromatic N) is 2. The Morgan fingerprint density at radius 3 is 2.10 bits per heavy atom. The number of alkyl halides is 3. The number of halogens is 3. The van der Waals surface area contributed by atoms with Gasteiger partial charge in [-0.1, -0.05) is 76.1 Å². The van der Waals surface area contributed by atoms with Crippen LogP contribution in [0.4, 0.5) is 13.2 Å². The first-order chi connectivity index (χ1) is 29.8. The number of hydrogen-bond acceptors (Lipinski definition) is 10. The van der Waals surface area contributed by atoms with Crippen molar-refractivity contribution in [1.29, 1.82) is 0 Å². The molecule has 20 heteroatoms. The van der Waals surface area contributed by atoms with Crippen molar-refractivity contribution in [2.45, 2.75) is 121 Å². The first kappa shape index (κ1) is 51.3. The Morgan fingerprint density at radius 1 is 0.889 bits per heavy atom. The van der Waals surface area contributed by atoms with Crippen molar-refractivity contribution in [3.63, 3.8) is 0 Å². The standard InChI is InChI=1S/C41H58N8O7.C2HF3O2/c1-4-5-12-32(42)37(51)47-33(20-28-14-16-31(50)17-15-28)38(52)46-30(19-26(2)3)24-44-34(22-29-23-43-25-45-29)40(54)49-18-9-13-36(49)39(53)48-35(41(55)56)21-27-10-7-6-8-11-27;3-2(4,5)1(6)7/h6-8,10-11,14-17,23,25-26,30,32-36,44,50H,4-5,9,12-13,18-22,24,42H2,1-3H3,(H,43,45)(H,46,52)(H,47,51)(H,48,53)(H,55,56);(H,6,7)/t30-,32-,33-,34-,35-,36-;/m0./s1. The number of nitrogens with two attached hydrogens (primary N) is 1. The predicted octanol–water partition coefficient (Wildman–Crippen LogP) is 2.83. The molecule has 1 aliphatic rings. The number of aromatic amines is 1. The Morgan fingerprint density at radius 2 is 1.52 bits per heavy atom. The van der Waals surface area contributed by atoms with Crippen LogP contribution in [0.1, 0.15) is 76.1 Å². The van der Waals surface area contributed by atoms with E-state index in [0.29, 0.717) is 37.9 Å². The van der Waals surface area contributed by atoms with Crippen LogP contribution in [0.5, 0.6) is 5.75 Å². The van der Waals surface area contributed by atoms with E-state index in [-0.39, 0.29) is 43.4 Å². The summed E-state index contributed by atoms with van der Waals surface area (Å²) >= 11 is 0. The topological polar surface area (TPSA) is 269 Å². The number of unbranched alkanes of at least 4 members (excludes halogenated alkanes) is 1. The van der Waals surface area contributed by atoms with E-state index in [4.69, 9.17) is 15.6 Å². The number of aromatic hydroxyl groups is 1. The third-order valence-corrected chi connectivity index (χ3v) is 10.2. The molecule has 6 atom stereocenters. The van der Waals surface area contributed by atoms with Gasteiger partial charge in [0.2, 0.25) is 23.6 Å². The highest BCUT2D eigenvalue weighted by molar-refractivity contribution is 5.93. The van der Waals surface area contributed by atoms with E-state index in [1.54, 1.807) is 42.6 Å². The SMILES string of the molecule is CCCC[C@H](N)C(=O)N[C@@H](Cc1ccc(O)cc1)C(=O)N[C@H](CN[C@@H](Cc1cnc[nH]1)C(=O)N1CCC[C@H]1C(=O)N[C@@H](Cc1ccccc1)C(=O)O)CC(C)C.O=C(O)C(F)(F)F. The second-order valence-corrected chi connectivity index (χ2v) is 15.8. The van der Waals surface area contributed by atoms with Crippen molar-refractivity contribution in [2.75, 3.05) is 13.1 Å². The number of imidazole rings is 1. The number of rotatable bonds is 22. The molecule has 63 heavy (non-hydrogen) atoms. The van der Waals surface area contributed by atoms with Gasteiger partial charge in [0.15, 0.2) is 0 Å². The van der Waals surface area contributed by atoms with Crippen LogP contribution in [0.2, 0.25) is 0 Å². The van der Waals surface area contributed by atoms with Crippen LogP contribution in [0.15, 0.2) is 67.1 Å². The lowest BCUT2D eigenvalue weighted by Gasteiger charge is -2.31. The first-order valence-corrected chi connectivity index (χ1v) is 20.8. The second kappa shape index (κ2) is 25.2. The molecule has 2 aromatic carbocycles. The molecule has 17 nitrogen and oxygen atoms in total. The summed E-state index contributed by atoms with van der Waals surface area (Å²) in [6.45, 7) is 6.55. The maximum atomic E-state index is 14.3. The summed E-state index contributed by atoms with van der Waals surface area (Å²) in [7, 11) is 0. The van der Waals surface area contributed by atoms with E-state index in [2.05, 4.69) is 31.2 Å². The van der Waals surface area contributed by atoms with Gasteiger partial charge in [-0.2, -0.15) is 13.2 Å². The average molecular weight is 889 g/mol. The number of carbonyl (C=O) groups excluding carboxylic acids is 4. The summed E-state index contributed by atoms with van der Waals surface area (Å²) in [5.74, 6) is -5.40. The fourth-order valence-electron chi connectivity index (χ4n) is 6.94. The van der Waals surface area contributed by atoms with Crippen molar-refractivity contribution in [3.05, 3.63) is 83.9 Å². The number of nitrogens with one attached hydrogen (secondary N) is 5. The molecule has 0 bridgehead atoms. The van der Waals surface area contributed by atoms with Crippen molar-refractivity contribution in [1.82, 2.24) is 36.1 Å². The predicted molar refractivity (Wildman–Crippen MR) is 225 cm³/mol. The highest BCUT2D eigenvalue weighted by Crippen LogP contribution is 2.21. The summed E-state index contributed by atoms with van der Waals surface area (Å²) in [5.41, 5.74) is 8.34. The van der Waals surface area contributed by atoms with Gasteiger partial charge >= 0.3 is 18.1 Å². The molecule has 1 aromatic heterocycles. The lowest BCUT2D eigenvalue weighted by atomic mass is 10.00. The number of aliphatic carboxylic acids is 2. The lowest BCUT2D eigenvalue weighted by molar-refractivity contribution is -0.192. The largest absolute Gasteiger partial charge is 0.508 e. The van der Waals surface area contributed by atoms with Crippen molar-refractivity contribution >= 4 is 35.6 Å². The molecule has 4 rings (SSSR count). The van der Waals surface area contributed by atoms with Gasteiger partial charge in [-0.15, -0.1) is 0 Å². The van der Waals surface area contributed by atoms with Gasteiger partial charge in [-0.3, -0.25) is 19.2 Å². The van der Waals surface area contributed by atoms with Gasteiger partial charge in [-0.05, 0) is 54.9 Å². The molecule has 10 N–H and O–H groups in total. The molecule has 0 unspecified atom stereocenters. The molecule has 0 aliphatic carbocycles. The fraction of sp³-hybridized carbons (Fsp3) is 0.512. The number of likely N-dealkylation sites (tertiary alicyclic amines) is 1. The fourth-order valence-corrected chi connectivity index (χ4v) is 6.94. The molecule has 346 valence electrons. The number of aromatic nitrogens is 2. The Hall–Kier alpha value is -6.02. The first-order valence-electron chi connectivity index (χ1n) is 20.8. The van der Waals surface area contributed by atoms with Crippen LogP contribution in [0.25, 0.3) is 0 Å². The average Bonchev–Trinajstić information content (AvgIpc) is 3.94. The molecule has 1 fully saturated rings. The Bertz CT molecular complexity index is 1920. The van der Waals surface area contributed by atoms with Gasteiger partial charge in [-0.25, -0.2) is 14.6 Å². The van der Waals surface area contributed by atoms with Gasteiger partial charge in [0.25, 0.3) is 0 Å². The van der Waals surface area contributed by atoms with E-state index in [1.165, 1.54) is 23.4 Å². The van der Waals surface area contributed by atoms with Gasteiger partial charge < -0.3 is 52.2 Å². The lowest BCUT2D eigenvalue weighted by Crippen LogP contribution is -2.58. The number of benzene rings is 2. The molecule has 0 radical (unpaired) electrons. The minimum atomic E-state index is -5.08. The maximum absolute atomic E-state index is 14.3. The zero-order valence-electron chi connectivity index (χ0n) is 35.6. The molecule has 0 saturated carbocycles. The molecule has 1 saturated heterocycles. The van der Waals surface area contributed by atoms with Crippen LogP contribution in [-0.2, 0) is 48.0 Å². The van der Waals surface area contributed by atoms with Crippen LogP contribution in [0.3, 0.4) is 0 Å². The molecule has 0 spiro atoms. The van der Waals surface area contributed by atoms with Gasteiger partial charge in [0, 0.05) is 50.3 Å². The number of carboxylic acid groups (broad SMARTS) is 2. The summed E-state index contributed by atoms with van der Waals surface area (Å²) < 4.78 is 31.7. The number of phenolic OH excluding ortho intramolecular Hbond substituents is 1. The smallest absolute Gasteiger partial charge is 0.490 e. The summed E-state index contributed by atoms with van der Waals surface area (Å²) in [5, 5.41) is 38.8. The Kier molecular flexibility index (Phi) is 20.5. The van der Waals surface area contributed by atoms with Crippen LogP contribution in [-0.4, -0.2) is 121 Å². The number of phenols is 1. The molecule has 4 amide bonds. The van der Waals surface area contributed by atoms with Gasteiger partial charge in [0.05, 0.1) is 18.4 Å². The Labute approximate surface area is 363 Å². The van der Waals surface area contributed by atoms with E-state index >= 15 is 0 Å². The zero-order chi connectivity index (χ0) is 46.7. The number of carboxylic acids is 2. The molecule has 1 aliphatic heterocycles. The maximum Gasteiger partial charge on any atom is 0.490 e. The van der Waals surface area contributed by atoms with E-state index < -0.39 is 72.1 Å². The zero-order valence-corrected chi connectivity index (χ0v) is 35.6. The van der Waals surface area contributed by atoms with Crippen LogP contribution >= 0.6 is 0 Å². The number of carbonyl (C=O) groups is 6. The highest BCUT2D eigenvalue weighted by atomic mass is 19.4. The monoisotopic (exact) mass is 888 g/mol. The number of H-pyrrole nitrogens is 1. The van der Waals surface area contributed by atoms with Crippen molar-refractivity contribution in [2.24, 2.45) is 11.7 Å². The quantitative estimate of drug-likeness (QED) is 0.0705. The third-order valence-electron chi connectivity index (χ3n) is 10.2. The minimum absolute atomic E-state index is 0.0797. The van der Waals surface area contributed by atoms with Gasteiger partial charge in [0.1, 0.15) is 23.9 Å². The summed E-state index contributed by atoms with van der Waals surface area (Å²) in [6.07, 6.45) is 2.14. The van der Waals surface area contributed by atoms with E-state index in [9.17, 15) is 47.4 Å². The summed E-state index contributed by atoms with van der Waals surface area (Å²) in [4.78, 5) is 84.7. The second-order valence-electron chi connectivity index (χ2n) is 15.8. The minimum Gasteiger partial charge on any atom is -0.508 e. The third kappa shape index (κ3) is 17.7. The molecular formula is C43H59F3N8O9. The van der Waals surface area contributed by atoms with Crippen LogP contribution in [0, 0.1) is 5.92 Å². The van der Waals surface area contributed by atoms with Crippen molar-refractivity contribution in [3.8, 4) is 5.75 Å². The van der Waals surface area contributed by atoms with E-state index in [1.807, 2.05) is 26.8 Å². The van der Waals surface area contributed by atoms with Crippen LogP contribution < -0.4 is 27.0 Å². The highest BCUT2D eigenvalue weighted by Gasteiger charge is 2.40.